The van der Waals surface area contributed by atoms with Gasteiger partial charge in [0.2, 0.25) is 0 Å². The summed E-state index contributed by atoms with van der Waals surface area (Å²) < 4.78 is 0.231. The van der Waals surface area contributed by atoms with E-state index in [-0.39, 0.29) is 4.32 Å². The van der Waals surface area contributed by atoms with Gasteiger partial charge in [0.15, 0.2) is 0 Å². The third-order valence-corrected chi connectivity index (χ3v) is 3.79. The number of thiocarbonyl (C=S) groups is 1. The first-order chi connectivity index (χ1) is 8.50. The molecule has 7 heteroatoms. The number of carboxylic acid groups (broad SMARTS) is 1. The Balaban J connectivity index is 2.27. The van der Waals surface area contributed by atoms with Crippen molar-refractivity contribution in [3.8, 4) is 0 Å². The van der Waals surface area contributed by atoms with Crippen molar-refractivity contribution in [3.63, 3.8) is 0 Å². The number of nitrogens with zero attached hydrogens (tertiary/aromatic N) is 1. The van der Waals surface area contributed by atoms with Crippen LogP contribution in [0.15, 0.2) is 23.2 Å². The first kappa shape index (κ1) is 12.8. The number of carboxylic acids is 1. The SMILES string of the molecule is C[C@H](C(=O)[O-])N1C(=O)/C(=C/c2ccc[nH]2)SC1=S. The van der Waals surface area contributed by atoms with E-state index in [9.17, 15) is 14.7 Å². The minimum Gasteiger partial charge on any atom is -0.548 e. The molecule has 0 saturated carbocycles. The molecule has 1 aliphatic heterocycles. The monoisotopic (exact) mass is 281 g/mol. The minimum atomic E-state index is -1.33. The predicted octanol–water partition coefficient (Wildman–Crippen LogP) is 0.354. The minimum absolute atomic E-state index is 0.231. The molecule has 1 N–H and O–H groups in total. The highest BCUT2D eigenvalue weighted by Crippen LogP contribution is 2.33. The maximum Gasteiger partial charge on any atom is 0.266 e. The number of hydrogen-bond donors (Lipinski definition) is 1. The fourth-order valence-corrected chi connectivity index (χ4v) is 2.90. The Kier molecular flexibility index (Phi) is 3.53. The van der Waals surface area contributed by atoms with Crippen molar-refractivity contribution in [1.82, 2.24) is 9.88 Å². The summed E-state index contributed by atoms with van der Waals surface area (Å²) in [6, 6.07) is 2.54. The lowest BCUT2D eigenvalue weighted by Gasteiger charge is -2.23. The average molecular weight is 281 g/mol. The van der Waals surface area contributed by atoms with Crippen LogP contribution in [0.3, 0.4) is 0 Å². The van der Waals surface area contributed by atoms with E-state index in [1.165, 1.54) is 6.92 Å². The van der Waals surface area contributed by atoms with E-state index in [1.807, 2.05) is 0 Å². The van der Waals surface area contributed by atoms with Crippen molar-refractivity contribution >= 4 is 46.3 Å². The van der Waals surface area contributed by atoms with Gasteiger partial charge in [0.1, 0.15) is 4.32 Å². The normalized spacial score (nSPS) is 19.6. The highest BCUT2D eigenvalue weighted by Gasteiger charge is 2.35. The molecular formula is C11H9N2O3S2-. The van der Waals surface area contributed by atoms with Crippen molar-refractivity contribution in [3.05, 3.63) is 28.9 Å². The molecule has 2 heterocycles. The number of aliphatic carboxylic acids is 1. The van der Waals surface area contributed by atoms with E-state index in [2.05, 4.69) is 4.98 Å². The average Bonchev–Trinajstić information content (AvgIpc) is 2.88. The molecule has 5 nitrogen and oxygen atoms in total. The number of rotatable bonds is 3. The molecule has 2 rings (SSSR count). The summed E-state index contributed by atoms with van der Waals surface area (Å²) in [5, 5.41) is 10.8. The molecular weight excluding hydrogens is 272 g/mol. The van der Waals surface area contributed by atoms with Crippen LogP contribution in [0.1, 0.15) is 12.6 Å². The molecule has 18 heavy (non-hydrogen) atoms. The Bertz CT molecular complexity index is 536. The molecule has 1 atom stereocenters. The number of aromatic nitrogens is 1. The molecule has 0 radical (unpaired) electrons. The van der Waals surface area contributed by atoms with Crippen LogP contribution in [0.25, 0.3) is 6.08 Å². The summed E-state index contributed by atoms with van der Waals surface area (Å²) >= 11 is 6.10. The maximum atomic E-state index is 12.0. The van der Waals surface area contributed by atoms with Crippen LogP contribution in [0.2, 0.25) is 0 Å². The van der Waals surface area contributed by atoms with Crippen molar-refractivity contribution in [2.75, 3.05) is 0 Å². The molecule has 1 aromatic rings. The highest BCUT2D eigenvalue weighted by atomic mass is 32.2. The topological polar surface area (TPSA) is 76.2 Å². The predicted molar refractivity (Wildman–Crippen MR) is 70.3 cm³/mol. The van der Waals surface area contributed by atoms with Gasteiger partial charge in [0.25, 0.3) is 5.91 Å². The van der Waals surface area contributed by atoms with Gasteiger partial charge in [-0.25, -0.2) is 0 Å². The number of H-pyrrole nitrogens is 1. The molecule has 94 valence electrons. The van der Waals surface area contributed by atoms with Crippen molar-refractivity contribution in [2.24, 2.45) is 0 Å². The summed E-state index contributed by atoms with van der Waals surface area (Å²) in [7, 11) is 0. The first-order valence-corrected chi connectivity index (χ1v) is 6.34. The Hall–Kier alpha value is -1.60. The molecule has 0 aromatic carbocycles. The summed E-state index contributed by atoms with van der Waals surface area (Å²) in [6.45, 7) is 1.37. The van der Waals surface area contributed by atoms with Gasteiger partial charge in [0, 0.05) is 11.9 Å². The summed E-state index contributed by atoms with van der Waals surface area (Å²) in [4.78, 5) is 27.2. The smallest absolute Gasteiger partial charge is 0.266 e. The fourth-order valence-electron chi connectivity index (χ4n) is 1.49. The third-order valence-electron chi connectivity index (χ3n) is 2.46. The Morgan fingerprint density at radius 1 is 1.67 bits per heavy atom. The summed E-state index contributed by atoms with van der Waals surface area (Å²) in [5.74, 6) is -1.73. The molecule has 1 aliphatic rings. The van der Waals surface area contributed by atoms with E-state index in [0.717, 1.165) is 22.4 Å². The quantitative estimate of drug-likeness (QED) is 0.639. The van der Waals surface area contributed by atoms with E-state index in [4.69, 9.17) is 12.2 Å². The largest absolute Gasteiger partial charge is 0.548 e. The van der Waals surface area contributed by atoms with E-state index in [0.29, 0.717) is 4.91 Å². The van der Waals surface area contributed by atoms with Gasteiger partial charge in [-0.3, -0.25) is 9.69 Å². The summed E-state index contributed by atoms with van der Waals surface area (Å²) in [6.07, 6.45) is 3.37. The van der Waals surface area contributed by atoms with Crippen LogP contribution in [-0.4, -0.2) is 32.1 Å². The number of nitrogens with one attached hydrogen (secondary N) is 1. The van der Waals surface area contributed by atoms with Gasteiger partial charge in [-0.05, 0) is 25.1 Å². The number of aromatic amines is 1. The standard InChI is InChI=1S/C11H10N2O3S2/c1-6(10(15)16)13-9(14)8(18-11(13)17)5-7-3-2-4-12-7/h2-6,12H,1H3,(H,15,16)/p-1/b8-5-/t6-/m1/s1. The molecule has 0 unspecified atom stereocenters. The lowest BCUT2D eigenvalue weighted by molar-refractivity contribution is -0.309. The Labute approximate surface area is 113 Å². The zero-order valence-corrected chi connectivity index (χ0v) is 11.0. The molecule has 1 aromatic heterocycles. The maximum absolute atomic E-state index is 12.0. The highest BCUT2D eigenvalue weighted by molar-refractivity contribution is 8.26. The molecule has 1 saturated heterocycles. The first-order valence-electron chi connectivity index (χ1n) is 5.12. The van der Waals surface area contributed by atoms with Crippen LogP contribution < -0.4 is 5.11 Å². The number of thioether (sulfide) groups is 1. The molecule has 0 bridgehead atoms. The summed E-state index contributed by atoms with van der Waals surface area (Å²) in [5.41, 5.74) is 0.761. The van der Waals surface area contributed by atoms with Gasteiger partial charge >= 0.3 is 0 Å². The van der Waals surface area contributed by atoms with Crippen molar-refractivity contribution in [1.29, 1.82) is 0 Å². The third kappa shape index (κ3) is 2.32. The Morgan fingerprint density at radius 3 is 2.94 bits per heavy atom. The second kappa shape index (κ2) is 4.95. The van der Waals surface area contributed by atoms with Crippen LogP contribution >= 0.6 is 24.0 Å². The molecule has 1 fully saturated rings. The van der Waals surface area contributed by atoms with Gasteiger partial charge in [0.05, 0.1) is 16.9 Å². The van der Waals surface area contributed by atoms with Crippen LogP contribution in [0, 0.1) is 0 Å². The second-order valence-corrected chi connectivity index (χ2v) is 5.35. The second-order valence-electron chi connectivity index (χ2n) is 3.67. The number of carbonyl (C=O) groups excluding carboxylic acids is 2. The van der Waals surface area contributed by atoms with Crippen LogP contribution in [0.4, 0.5) is 0 Å². The molecule has 0 spiro atoms. The number of amides is 1. The fraction of sp³-hybridized carbons (Fsp3) is 0.182. The van der Waals surface area contributed by atoms with Gasteiger partial charge in [-0.15, -0.1) is 0 Å². The van der Waals surface area contributed by atoms with E-state index < -0.39 is 17.9 Å². The Morgan fingerprint density at radius 2 is 2.39 bits per heavy atom. The zero-order chi connectivity index (χ0) is 13.3. The van der Waals surface area contributed by atoms with Crippen LogP contribution in [0.5, 0.6) is 0 Å². The van der Waals surface area contributed by atoms with E-state index in [1.54, 1.807) is 24.4 Å². The number of carbonyl (C=O) groups is 2. The van der Waals surface area contributed by atoms with Crippen molar-refractivity contribution in [2.45, 2.75) is 13.0 Å². The zero-order valence-electron chi connectivity index (χ0n) is 9.38. The van der Waals surface area contributed by atoms with Crippen LogP contribution in [-0.2, 0) is 9.59 Å². The number of hydrogen-bond acceptors (Lipinski definition) is 5. The lowest BCUT2D eigenvalue weighted by atomic mass is 10.3. The van der Waals surface area contributed by atoms with Gasteiger partial charge < -0.3 is 14.9 Å². The van der Waals surface area contributed by atoms with Crippen molar-refractivity contribution < 1.29 is 14.7 Å². The lowest BCUT2D eigenvalue weighted by Crippen LogP contribution is -2.48. The molecule has 0 aliphatic carbocycles. The molecule has 1 amide bonds. The van der Waals surface area contributed by atoms with Gasteiger partial charge in [-0.2, -0.15) is 0 Å². The van der Waals surface area contributed by atoms with Gasteiger partial charge in [-0.1, -0.05) is 24.0 Å². The van der Waals surface area contributed by atoms with E-state index >= 15 is 0 Å².